The number of nitrogens with zero attached hydrogens (tertiary/aromatic N) is 2. The number of hydrogen-bond donors (Lipinski definition) is 1. The van der Waals surface area contributed by atoms with Gasteiger partial charge in [0.1, 0.15) is 11.9 Å². The number of ether oxygens (including phenoxy) is 1. The van der Waals surface area contributed by atoms with E-state index in [0.29, 0.717) is 18.8 Å². The van der Waals surface area contributed by atoms with Crippen LogP contribution in [0.15, 0.2) is 24.3 Å². The summed E-state index contributed by atoms with van der Waals surface area (Å²) in [5.74, 6) is 0.571. The highest BCUT2D eigenvalue weighted by Crippen LogP contribution is 2.22. The van der Waals surface area contributed by atoms with E-state index in [2.05, 4.69) is 0 Å². The van der Waals surface area contributed by atoms with Gasteiger partial charge in [0.2, 0.25) is 5.91 Å². The number of amides is 1. The van der Waals surface area contributed by atoms with E-state index in [1.54, 1.807) is 24.0 Å². The molecule has 0 aromatic heterocycles. The topological polar surface area (TPSA) is 98.7 Å². The standard InChI is InChI=1S/C14H19N3O4/c1-10(15)14(18)16-8-6-13(7-9-16)21-12-4-2-11(3-5-12)17(19)20/h2-5,10,13H,6-9,15H2,1H3/t10-/m1/s1. The van der Waals surface area contributed by atoms with E-state index in [4.69, 9.17) is 10.5 Å². The molecular weight excluding hydrogens is 274 g/mol. The molecule has 1 aliphatic heterocycles. The molecule has 7 heteroatoms. The molecule has 2 rings (SSSR count). The van der Waals surface area contributed by atoms with Crippen LogP contribution in [-0.2, 0) is 4.79 Å². The number of piperidine rings is 1. The molecule has 0 spiro atoms. The van der Waals surface area contributed by atoms with Gasteiger partial charge in [-0.3, -0.25) is 14.9 Å². The van der Waals surface area contributed by atoms with Crippen LogP contribution in [0.1, 0.15) is 19.8 Å². The van der Waals surface area contributed by atoms with Crippen LogP contribution in [-0.4, -0.2) is 41.0 Å². The minimum absolute atomic E-state index is 0.0172. The molecular formula is C14H19N3O4. The summed E-state index contributed by atoms with van der Waals surface area (Å²) < 4.78 is 5.79. The van der Waals surface area contributed by atoms with Crippen molar-refractivity contribution < 1.29 is 14.5 Å². The summed E-state index contributed by atoms with van der Waals surface area (Å²) in [4.78, 5) is 23.6. The molecule has 1 heterocycles. The van der Waals surface area contributed by atoms with Crippen molar-refractivity contribution in [1.29, 1.82) is 0 Å². The van der Waals surface area contributed by atoms with E-state index in [-0.39, 0.29) is 17.7 Å². The monoisotopic (exact) mass is 293 g/mol. The van der Waals surface area contributed by atoms with Gasteiger partial charge < -0.3 is 15.4 Å². The van der Waals surface area contributed by atoms with Crippen molar-refractivity contribution in [3.8, 4) is 5.75 Å². The van der Waals surface area contributed by atoms with Gasteiger partial charge in [-0.05, 0) is 19.1 Å². The SMILES string of the molecule is C[C@@H](N)C(=O)N1CCC(Oc2ccc([N+](=O)[O-])cc2)CC1. The molecule has 1 saturated heterocycles. The summed E-state index contributed by atoms with van der Waals surface area (Å²) in [5.41, 5.74) is 5.63. The molecule has 1 aromatic rings. The number of likely N-dealkylation sites (tertiary alicyclic amines) is 1. The van der Waals surface area contributed by atoms with Crippen molar-refractivity contribution in [2.45, 2.75) is 31.9 Å². The van der Waals surface area contributed by atoms with Crippen LogP contribution in [0.5, 0.6) is 5.75 Å². The highest BCUT2D eigenvalue weighted by atomic mass is 16.6. The minimum Gasteiger partial charge on any atom is -0.490 e. The third kappa shape index (κ3) is 3.91. The van der Waals surface area contributed by atoms with E-state index in [0.717, 1.165) is 12.8 Å². The number of nitro groups is 1. The van der Waals surface area contributed by atoms with Crippen molar-refractivity contribution in [2.24, 2.45) is 5.73 Å². The van der Waals surface area contributed by atoms with E-state index in [1.165, 1.54) is 12.1 Å². The molecule has 21 heavy (non-hydrogen) atoms. The van der Waals surface area contributed by atoms with E-state index in [1.807, 2.05) is 0 Å². The lowest BCUT2D eigenvalue weighted by atomic mass is 10.1. The Morgan fingerprint density at radius 3 is 2.43 bits per heavy atom. The van der Waals surface area contributed by atoms with E-state index >= 15 is 0 Å². The molecule has 1 aliphatic rings. The van der Waals surface area contributed by atoms with Crippen molar-refractivity contribution in [1.82, 2.24) is 4.90 Å². The summed E-state index contributed by atoms with van der Waals surface area (Å²) in [6.07, 6.45) is 1.48. The second-order valence-electron chi connectivity index (χ2n) is 5.18. The fourth-order valence-electron chi connectivity index (χ4n) is 2.32. The lowest BCUT2D eigenvalue weighted by Crippen LogP contribution is -2.47. The van der Waals surface area contributed by atoms with E-state index in [9.17, 15) is 14.9 Å². The third-order valence-corrected chi connectivity index (χ3v) is 3.49. The molecule has 1 aromatic carbocycles. The van der Waals surface area contributed by atoms with Gasteiger partial charge in [0.15, 0.2) is 0 Å². The van der Waals surface area contributed by atoms with Crippen molar-refractivity contribution in [3.63, 3.8) is 0 Å². The Labute approximate surface area is 122 Å². The van der Waals surface area contributed by atoms with Gasteiger partial charge in [-0.2, -0.15) is 0 Å². The zero-order chi connectivity index (χ0) is 15.4. The average molecular weight is 293 g/mol. The second kappa shape index (κ2) is 6.53. The van der Waals surface area contributed by atoms with Crippen LogP contribution in [0.2, 0.25) is 0 Å². The zero-order valence-corrected chi connectivity index (χ0v) is 11.9. The molecule has 2 N–H and O–H groups in total. The minimum atomic E-state index is -0.475. The first-order valence-electron chi connectivity index (χ1n) is 6.93. The molecule has 0 radical (unpaired) electrons. The Hall–Kier alpha value is -2.15. The van der Waals surface area contributed by atoms with E-state index < -0.39 is 11.0 Å². The van der Waals surface area contributed by atoms with Crippen LogP contribution in [0.3, 0.4) is 0 Å². The maximum Gasteiger partial charge on any atom is 0.269 e. The first-order valence-corrected chi connectivity index (χ1v) is 6.93. The fraction of sp³-hybridized carbons (Fsp3) is 0.500. The number of nitro benzene ring substituents is 1. The largest absolute Gasteiger partial charge is 0.490 e. The van der Waals surface area contributed by atoms with Crippen LogP contribution < -0.4 is 10.5 Å². The lowest BCUT2D eigenvalue weighted by molar-refractivity contribution is -0.384. The van der Waals surface area contributed by atoms with Crippen molar-refractivity contribution in [2.75, 3.05) is 13.1 Å². The Morgan fingerprint density at radius 2 is 1.95 bits per heavy atom. The normalized spacial score (nSPS) is 17.3. The molecule has 1 fully saturated rings. The molecule has 7 nitrogen and oxygen atoms in total. The van der Waals surface area contributed by atoms with Gasteiger partial charge in [0, 0.05) is 38.1 Å². The number of carbonyl (C=O) groups excluding carboxylic acids is 1. The molecule has 0 bridgehead atoms. The highest BCUT2D eigenvalue weighted by molar-refractivity contribution is 5.81. The molecule has 0 saturated carbocycles. The summed E-state index contributed by atoms with van der Waals surface area (Å²) >= 11 is 0. The number of benzene rings is 1. The molecule has 1 amide bonds. The zero-order valence-electron chi connectivity index (χ0n) is 11.9. The highest BCUT2D eigenvalue weighted by Gasteiger charge is 2.25. The fourth-order valence-corrected chi connectivity index (χ4v) is 2.32. The Morgan fingerprint density at radius 1 is 1.38 bits per heavy atom. The number of non-ortho nitro benzene ring substituents is 1. The van der Waals surface area contributed by atoms with Crippen molar-refractivity contribution >= 4 is 11.6 Å². The van der Waals surface area contributed by atoms with Crippen LogP contribution >= 0.6 is 0 Å². The predicted octanol–water partition coefficient (Wildman–Crippen LogP) is 1.31. The molecule has 114 valence electrons. The van der Waals surface area contributed by atoms with Gasteiger partial charge in [-0.1, -0.05) is 0 Å². The first-order chi connectivity index (χ1) is 9.97. The molecule has 0 unspecified atom stereocenters. The van der Waals surface area contributed by atoms with Gasteiger partial charge in [0.25, 0.3) is 5.69 Å². The Kier molecular flexibility index (Phi) is 4.74. The number of rotatable bonds is 4. The second-order valence-corrected chi connectivity index (χ2v) is 5.18. The van der Waals surface area contributed by atoms with Gasteiger partial charge in [-0.15, -0.1) is 0 Å². The maximum absolute atomic E-state index is 11.8. The van der Waals surface area contributed by atoms with Crippen LogP contribution in [0.4, 0.5) is 5.69 Å². The number of carbonyl (C=O) groups is 1. The number of nitrogens with two attached hydrogens (primary N) is 1. The quantitative estimate of drug-likeness (QED) is 0.666. The summed E-state index contributed by atoms with van der Waals surface area (Å²) in [6.45, 7) is 2.93. The predicted molar refractivity (Wildman–Crippen MR) is 77.0 cm³/mol. The average Bonchev–Trinajstić information content (AvgIpc) is 2.47. The summed E-state index contributed by atoms with van der Waals surface area (Å²) in [5, 5.41) is 10.6. The summed E-state index contributed by atoms with van der Waals surface area (Å²) in [6, 6.07) is 5.56. The third-order valence-electron chi connectivity index (χ3n) is 3.49. The lowest BCUT2D eigenvalue weighted by Gasteiger charge is -2.33. The van der Waals surface area contributed by atoms with Gasteiger partial charge in [0.05, 0.1) is 11.0 Å². The van der Waals surface area contributed by atoms with Gasteiger partial charge in [-0.25, -0.2) is 0 Å². The smallest absolute Gasteiger partial charge is 0.269 e. The number of hydrogen-bond acceptors (Lipinski definition) is 5. The van der Waals surface area contributed by atoms with Gasteiger partial charge >= 0.3 is 0 Å². The Bertz CT molecular complexity index is 507. The van der Waals surface area contributed by atoms with Crippen LogP contribution in [0.25, 0.3) is 0 Å². The Balaban J connectivity index is 1.86. The summed E-state index contributed by atoms with van der Waals surface area (Å²) in [7, 11) is 0. The first kappa shape index (κ1) is 15.2. The maximum atomic E-state index is 11.8. The molecule has 0 aliphatic carbocycles. The molecule has 1 atom stereocenters. The van der Waals surface area contributed by atoms with Crippen molar-refractivity contribution in [3.05, 3.63) is 34.4 Å². The van der Waals surface area contributed by atoms with Crippen LogP contribution in [0, 0.1) is 10.1 Å².